The number of carbonyl (C=O) groups excluding carboxylic acids is 2. The number of para-hydroxylation sites is 1. The van der Waals surface area contributed by atoms with Gasteiger partial charge in [-0.15, -0.1) is 0 Å². The van der Waals surface area contributed by atoms with E-state index in [2.05, 4.69) is 6.92 Å². The van der Waals surface area contributed by atoms with Crippen molar-refractivity contribution in [3.05, 3.63) is 29.8 Å². The fourth-order valence-electron chi connectivity index (χ4n) is 1.33. The summed E-state index contributed by atoms with van der Waals surface area (Å²) < 4.78 is 10.4. The molecule has 0 aliphatic heterocycles. The lowest BCUT2D eigenvalue weighted by atomic mass is 10.2. The Labute approximate surface area is 107 Å². The molecular formula is C14H18O4. The first-order chi connectivity index (χ1) is 8.65. The molecule has 0 aliphatic rings. The Bertz CT molecular complexity index is 412. The fourth-order valence-corrected chi connectivity index (χ4v) is 1.33. The Hall–Kier alpha value is -1.84. The highest BCUT2D eigenvalue weighted by Gasteiger charge is 2.13. The molecule has 4 nitrogen and oxygen atoms in total. The summed E-state index contributed by atoms with van der Waals surface area (Å²) in [5, 5.41) is 0. The Morgan fingerprint density at radius 2 is 1.94 bits per heavy atom. The summed E-state index contributed by atoms with van der Waals surface area (Å²) in [5.74, 6) is -0.218. The van der Waals surface area contributed by atoms with Crippen molar-refractivity contribution < 1.29 is 19.1 Å². The molecule has 0 bridgehead atoms. The Morgan fingerprint density at radius 3 is 2.61 bits per heavy atom. The van der Waals surface area contributed by atoms with Crippen LogP contribution in [0.5, 0.6) is 5.75 Å². The normalized spacial score (nSPS) is 9.89. The lowest BCUT2D eigenvalue weighted by Crippen LogP contribution is -2.13. The molecule has 0 fully saturated rings. The smallest absolute Gasteiger partial charge is 0.342 e. The average molecular weight is 250 g/mol. The van der Waals surface area contributed by atoms with Gasteiger partial charge in [0.2, 0.25) is 0 Å². The second-order valence-electron chi connectivity index (χ2n) is 3.98. The summed E-state index contributed by atoms with van der Waals surface area (Å²) in [6.07, 6.45) is 1.95. The molecule has 98 valence electrons. The number of esters is 1. The van der Waals surface area contributed by atoms with Crippen molar-refractivity contribution in [2.45, 2.75) is 26.7 Å². The van der Waals surface area contributed by atoms with Crippen LogP contribution in [0.1, 0.15) is 37.0 Å². The number of ether oxygens (including phenoxy) is 2. The molecule has 0 atom stereocenters. The molecule has 1 aromatic rings. The molecule has 4 heteroatoms. The van der Waals surface area contributed by atoms with E-state index in [1.807, 2.05) is 0 Å². The molecule has 0 spiro atoms. The minimum absolute atomic E-state index is 0.187. The number of rotatable bonds is 7. The molecule has 1 rings (SSSR count). The van der Waals surface area contributed by atoms with Crippen molar-refractivity contribution >= 4 is 11.8 Å². The van der Waals surface area contributed by atoms with Crippen LogP contribution in [-0.4, -0.2) is 25.0 Å². The maximum absolute atomic E-state index is 11.7. The quantitative estimate of drug-likeness (QED) is 0.551. The van der Waals surface area contributed by atoms with Crippen molar-refractivity contribution in [1.29, 1.82) is 0 Å². The van der Waals surface area contributed by atoms with Gasteiger partial charge in [-0.2, -0.15) is 0 Å². The predicted molar refractivity (Wildman–Crippen MR) is 67.8 cm³/mol. The van der Waals surface area contributed by atoms with Gasteiger partial charge in [0.15, 0.2) is 5.78 Å². The summed E-state index contributed by atoms with van der Waals surface area (Å²) in [6, 6.07) is 6.88. The van der Waals surface area contributed by atoms with Gasteiger partial charge in [0, 0.05) is 0 Å². The topological polar surface area (TPSA) is 52.6 Å². The molecule has 1 aromatic carbocycles. The second kappa shape index (κ2) is 7.48. The monoisotopic (exact) mass is 250 g/mol. The third kappa shape index (κ3) is 4.57. The highest BCUT2D eigenvalue weighted by Crippen LogP contribution is 2.19. The molecule has 0 amide bonds. The van der Waals surface area contributed by atoms with Gasteiger partial charge >= 0.3 is 5.97 Å². The molecule has 0 saturated carbocycles. The minimum atomic E-state index is -0.530. The summed E-state index contributed by atoms with van der Waals surface area (Å²) in [6.45, 7) is 3.79. The van der Waals surface area contributed by atoms with Crippen molar-refractivity contribution in [2.24, 2.45) is 0 Å². The van der Waals surface area contributed by atoms with Crippen LogP contribution < -0.4 is 4.74 Å². The summed E-state index contributed by atoms with van der Waals surface area (Å²) in [5.41, 5.74) is 0.356. The molecule has 0 unspecified atom stereocenters. The summed E-state index contributed by atoms with van der Waals surface area (Å²) in [7, 11) is 0. The van der Waals surface area contributed by atoms with E-state index in [1.54, 1.807) is 24.3 Å². The van der Waals surface area contributed by atoms with E-state index in [4.69, 9.17) is 9.47 Å². The van der Waals surface area contributed by atoms with Gasteiger partial charge in [-0.3, -0.25) is 4.79 Å². The zero-order chi connectivity index (χ0) is 13.4. The summed E-state index contributed by atoms with van der Waals surface area (Å²) in [4.78, 5) is 22.5. The van der Waals surface area contributed by atoms with Crippen LogP contribution in [0.2, 0.25) is 0 Å². The van der Waals surface area contributed by atoms with E-state index in [1.165, 1.54) is 6.92 Å². The number of hydrogen-bond donors (Lipinski definition) is 0. The van der Waals surface area contributed by atoms with Crippen LogP contribution >= 0.6 is 0 Å². The number of carbonyl (C=O) groups is 2. The maximum Gasteiger partial charge on any atom is 0.342 e. The first kappa shape index (κ1) is 14.2. The number of benzene rings is 1. The number of hydrogen-bond acceptors (Lipinski definition) is 4. The molecule has 0 N–H and O–H groups in total. The van der Waals surface area contributed by atoms with Crippen LogP contribution in [-0.2, 0) is 9.53 Å². The Kier molecular flexibility index (Phi) is 5.91. The van der Waals surface area contributed by atoms with E-state index in [9.17, 15) is 9.59 Å². The lowest BCUT2D eigenvalue weighted by Gasteiger charge is -2.10. The standard InChI is InChI=1S/C14H18O4/c1-3-4-9-17-13-8-6-5-7-12(13)14(16)18-10-11(2)15/h5-8H,3-4,9-10H2,1-2H3. The van der Waals surface area contributed by atoms with Crippen LogP contribution in [0.25, 0.3) is 0 Å². The number of unbranched alkanes of at least 4 members (excludes halogenated alkanes) is 1. The van der Waals surface area contributed by atoms with Gasteiger partial charge in [-0.05, 0) is 25.5 Å². The van der Waals surface area contributed by atoms with Crippen molar-refractivity contribution in [3.63, 3.8) is 0 Å². The predicted octanol–water partition coefficient (Wildman–Crippen LogP) is 2.61. The van der Waals surface area contributed by atoms with E-state index in [0.717, 1.165) is 12.8 Å². The third-order valence-electron chi connectivity index (χ3n) is 2.27. The van der Waals surface area contributed by atoms with Gasteiger partial charge in [0.05, 0.1) is 6.61 Å². The van der Waals surface area contributed by atoms with Gasteiger partial charge in [-0.25, -0.2) is 4.79 Å². The summed E-state index contributed by atoms with van der Waals surface area (Å²) >= 11 is 0. The molecule has 0 aliphatic carbocycles. The van der Waals surface area contributed by atoms with E-state index < -0.39 is 5.97 Å². The molecule has 0 radical (unpaired) electrons. The van der Waals surface area contributed by atoms with Crippen molar-refractivity contribution in [1.82, 2.24) is 0 Å². The lowest BCUT2D eigenvalue weighted by molar-refractivity contribution is -0.120. The maximum atomic E-state index is 11.7. The van der Waals surface area contributed by atoms with Crippen LogP contribution in [0, 0.1) is 0 Å². The van der Waals surface area contributed by atoms with E-state index in [-0.39, 0.29) is 12.4 Å². The highest BCUT2D eigenvalue weighted by atomic mass is 16.5. The van der Waals surface area contributed by atoms with Gasteiger partial charge in [0.25, 0.3) is 0 Å². The Morgan fingerprint density at radius 1 is 1.22 bits per heavy atom. The molecule has 18 heavy (non-hydrogen) atoms. The van der Waals surface area contributed by atoms with E-state index >= 15 is 0 Å². The largest absolute Gasteiger partial charge is 0.493 e. The van der Waals surface area contributed by atoms with Crippen LogP contribution in [0.4, 0.5) is 0 Å². The number of Topliss-reactive ketones (excluding diaryl/α,β-unsaturated/α-hetero) is 1. The zero-order valence-corrected chi connectivity index (χ0v) is 10.8. The van der Waals surface area contributed by atoms with Crippen molar-refractivity contribution in [2.75, 3.05) is 13.2 Å². The Balaban J connectivity index is 2.68. The van der Waals surface area contributed by atoms with Gasteiger partial charge in [-0.1, -0.05) is 25.5 Å². The van der Waals surface area contributed by atoms with Crippen molar-refractivity contribution in [3.8, 4) is 5.75 Å². The highest BCUT2D eigenvalue weighted by molar-refractivity contribution is 5.93. The number of ketones is 1. The SMILES string of the molecule is CCCCOc1ccccc1C(=O)OCC(C)=O. The fraction of sp³-hybridized carbons (Fsp3) is 0.429. The molecule has 0 aromatic heterocycles. The molecule has 0 heterocycles. The minimum Gasteiger partial charge on any atom is -0.493 e. The van der Waals surface area contributed by atoms with E-state index in [0.29, 0.717) is 17.9 Å². The zero-order valence-electron chi connectivity index (χ0n) is 10.8. The second-order valence-corrected chi connectivity index (χ2v) is 3.98. The molecule has 0 saturated heterocycles. The van der Waals surface area contributed by atoms with Crippen LogP contribution in [0.15, 0.2) is 24.3 Å². The molecular weight excluding hydrogens is 232 g/mol. The third-order valence-corrected chi connectivity index (χ3v) is 2.27. The average Bonchev–Trinajstić information content (AvgIpc) is 2.37. The van der Waals surface area contributed by atoms with Gasteiger partial charge < -0.3 is 9.47 Å². The first-order valence-corrected chi connectivity index (χ1v) is 6.03. The van der Waals surface area contributed by atoms with Gasteiger partial charge in [0.1, 0.15) is 17.9 Å². The first-order valence-electron chi connectivity index (χ1n) is 6.03. The van der Waals surface area contributed by atoms with Crippen LogP contribution in [0.3, 0.4) is 0 Å².